The van der Waals surface area contributed by atoms with Crippen molar-refractivity contribution in [3.8, 4) is 11.3 Å². The molecule has 0 fully saturated rings. The summed E-state index contributed by atoms with van der Waals surface area (Å²) in [6.45, 7) is 4.74. The van der Waals surface area contributed by atoms with E-state index in [1.54, 1.807) is 0 Å². The first-order valence-corrected chi connectivity index (χ1v) is 7.66. The maximum Gasteiger partial charge on any atom is 0.134 e. The van der Waals surface area contributed by atoms with Gasteiger partial charge in [-0.25, -0.2) is 0 Å². The highest BCUT2D eigenvalue weighted by Crippen LogP contribution is 2.29. The minimum absolute atomic E-state index is 0.655. The topological polar surface area (TPSA) is 25.2 Å². The maximum absolute atomic E-state index is 6.17. The van der Waals surface area contributed by atoms with Crippen LogP contribution >= 0.6 is 11.6 Å². The molecule has 22 heavy (non-hydrogen) atoms. The zero-order valence-electron chi connectivity index (χ0n) is 12.7. The fraction of sp³-hybridized carbons (Fsp3) is 0.158. The number of hydrogen-bond donors (Lipinski definition) is 1. The van der Waals surface area contributed by atoms with Gasteiger partial charge in [-0.2, -0.15) is 0 Å². The second-order valence-electron chi connectivity index (χ2n) is 5.40. The first kappa shape index (κ1) is 14.7. The molecule has 3 rings (SSSR count). The summed E-state index contributed by atoms with van der Waals surface area (Å²) in [7, 11) is 0. The molecule has 0 aliphatic heterocycles. The number of anilines is 1. The lowest BCUT2D eigenvalue weighted by Crippen LogP contribution is -1.97. The van der Waals surface area contributed by atoms with E-state index in [0.717, 1.165) is 33.4 Å². The van der Waals surface area contributed by atoms with Crippen molar-refractivity contribution >= 4 is 17.3 Å². The summed E-state index contributed by atoms with van der Waals surface area (Å²) in [5.41, 5.74) is 4.41. The van der Waals surface area contributed by atoms with Crippen molar-refractivity contribution in [3.05, 3.63) is 76.5 Å². The van der Waals surface area contributed by atoms with Crippen molar-refractivity contribution in [2.75, 3.05) is 5.32 Å². The lowest BCUT2D eigenvalue weighted by Gasteiger charge is -2.06. The SMILES string of the molecule is Cc1ccc(NCc2ccc(-c3cccc(Cl)c3C)o2)cc1. The molecule has 0 aliphatic rings. The molecular formula is C19H18ClNO. The second kappa shape index (κ2) is 6.29. The Morgan fingerprint density at radius 1 is 0.955 bits per heavy atom. The lowest BCUT2D eigenvalue weighted by atomic mass is 10.1. The summed E-state index contributed by atoms with van der Waals surface area (Å²) in [4.78, 5) is 0. The number of nitrogens with one attached hydrogen (secondary N) is 1. The fourth-order valence-corrected chi connectivity index (χ4v) is 2.53. The van der Waals surface area contributed by atoms with Crippen LogP contribution in [0.1, 0.15) is 16.9 Å². The molecule has 0 spiro atoms. The third-order valence-electron chi connectivity index (χ3n) is 3.71. The van der Waals surface area contributed by atoms with Gasteiger partial charge < -0.3 is 9.73 Å². The Balaban J connectivity index is 1.74. The number of furan rings is 1. The van der Waals surface area contributed by atoms with Crippen molar-refractivity contribution in [2.45, 2.75) is 20.4 Å². The average Bonchev–Trinajstić information content (AvgIpc) is 2.98. The van der Waals surface area contributed by atoms with E-state index in [-0.39, 0.29) is 0 Å². The molecule has 112 valence electrons. The molecule has 2 aromatic carbocycles. The van der Waals surface area contributed by atoms with Crippen molar-refractivity contribution in [3.63, 3.8) is 0 Å². The molecule has 0 amide bonds. The summed E-state index contributed by atoms with van der Waals surface area (Å²) < 4.78 is 5.93. The third kappa shape index (κ3) is 3.18. The molecule has 1 N–H and O–H groups in total. The van der Waals surface area contributed by atoms with Gasteiger partial charge in [0.25, 0.3) is 0 Å². The molecule has 1 heterocycles. The number of aryl methyl sites for hydroxylation is 1. The Kier molecular flexibility index (Phi) is 4.21. The number of rotatable bonds is 4. The van der Waals surface area contributed by atoms with Gasteiger partial charge >= 0.3 is 0 Å². The van der Waals surface area contributed by atoms with Crippen molar-refractivity contribution in [1.82, 2.24) is 0 Å². The zero-order chi connectivity index (χ0) is 15.5. The van der Waals surface area contributed by atoms with Crippen LogP contribution in [0, 0.1) is 13.8 Å². The Labute approximate surface area is 135 Å². The molecule has 3 heteroatoms. The summed E-state index contributed by atoms with van der Waals surface area (Å²) in [5.74, 6) is 1.75. The summed E-state index contributed by atoms with van der Waals surface area (Å²) in [5, 5.41) is 4.12. The van der Waals surface area contributed by atoms with Gasteiger partial charge in [0.15, 0.2) is 0 Å². The highest BCUT2D eigenvalue weighted by molar-refractivity contribution is 6.31. The molecular weight excluding hydrogens is 294 g/mol. The van der Waals surface area contributed by atoms with Gasteiger partial charge in [0.2, 0.25) is 0 Å². The van der Waals surface area contributed by atoms with E-state index in [9.17, 15) is 0 Å². The van der Waals surface area contributed by atoms with Crippen LogP contribution in [0.3, 0.4) is 0 Å². The van der Waals surface area contributed by atoms with Crippen LogP contribution in [0.4, 0.5) is 5.69 Å². The molecule has 0 saturated carbocycles. The van der Waals surface area contributed by atoms with E-state index in [1.165, 1.54) is 5.56 Å². The second-order valence-corrected chi connectivity index (χ2v) is 5.81. The Bertz CT molecular complexity index is 774. The van der Waals surface area contributed by atoms with E-state index in [0.29, 0.717) is 6.54 Å². The van der Waals surface area contributed by atoms with E-state index in [2.05, 4.69) is 36.5 Å². The molecule has 2 nitrogen and oxygen atoms in total. The normalized spacial score (nSPS) is 10.7. The summed E-state index contributed by atoms with van der Waals surface area (Å²) >= 11 is 6.17. The Morgan fingerprint density at radius 3 is 2.50 bits per heavy atom. The molecule has 3 aromatic rings. The van der Waals surface area contributed by atoms with Crippen LogP contribution in [0.15, 0.2) is 59.0 Å². The van der Waals surface area contributed by atoms with E-state index in [4.69, 9.17) is 16.0 Å². The molecule has 0 atom stereocenters. The first-order chi connectivity index (χ1) is 10.6. The fourth-order valence-electron chi connectivity index (χ4n) is 2.35. The Hall–Kier alpha value is -2.19. The highest BCUT2D eigenvalue weighted by Gasteiger charge is 2.09. The summed E-state index contributed by atoms with van der Waals surface area (Å²) in [6, 6.07) is 18.2. The van der Waals surface area contributed by atoms with Gasteiger partial charge in [0.05, 0.1) is 6.54 Å². The predicted octanol–water partition coefficient (Wildman–Crippen LogP) is 5.83. The van der Waals surface area contributed by atoms with Crippen LogP contribution in [0.2, 0.25) is 5.02 Å². The zero-order valence-corrected chi connectivity index (χ0v) is 13.4. The highest BCUT2D eigenvalue weighted by atomic mass is 35.5. The van der Waals surface area contributed by atoms with Crippen molar-refractivity contribution in [1.29, 1.82) is 0 Å². The minimum Gasteiger partial charge on any atom is -0.459 e. The molecule has 1 aromatic heterocycles. The monoisotopic (exact) mass is 311 g/mol. The van der Waals surface area contributed by atoms with Gasteiger partial charge in [0.1, 0.15) is 11.5 Å². The standard InChI is InChI=1S/C19H18ClNO/c1-13-6-8-15(9-7-13)21-12-16-10-11-19(22-16)17-4-3-5-18(20)14(17)2/h3-11,21H,12H2,1-2H3. The van der Waals surface area contributed by atoms with E-state index >= 15 is 0 Å². The van der Waals surface area contributed by atoms with Gasteiger partial charge in [-0.3, -0.25) is 0 Å². The van der Waals surface area contributed by atoms with Crippen LogP contribution in [0.25, 0.3) is 11.3 Å². The van der Waals surface area contributed by atoms with Gasteiger partial charge in [-0.05, 0) is 49.7 Å². The number of benzene rings is 2. The van der Waals surface area contributed by atoms with Crippen LogP contribution in [0.5, 0.6) is 0 Å². The Morgan fingerprint density at radius 2 is 1.73 bits per heavy atom. The van der Waals surface area contributed by atoms with E-state index < -0.39 is 0 Å². The molecule has 0 unspecified atom stereocenters. The molecule has 0 radical (unpaired) electrons. The van der Waals surface area contributed by atoms with Gasteiger partial charge in [-0.1, -0.05) is 41.4 Å². The summed E-state index contributed by atoms with van der Waals surface area (Å²) in [6.07, 6.45) is 0. The average molecular weight is 312 g/mol. The minimum atomic E-state index is 0.655. The van der Waals surface area contributed by atoms with E-state index in [1.807, 2.05) is 37.3 Å². The van der Waals surface area contributed by atoms with Crippen molar-refractivity contribution in [2.24, 2.45) is 0 Å². The first-order valence-electron chi connectivity index (χ1n) is 7.28. The quantitative estimate of drug-likeness (QED) is 0.656. The third-order valence-corrected chi connectivity index (χ3v) is 4.12. The smallest absolute Gasteiger partial charge is 0.134 e. The van der Waals surface area contributed by atoms with Crippen molar-refractivity contribution < 1.29 is 4.42 Å². The number of halogens is 1. The molecule has 0 saturated heterocycles. The van der Waals surface area contributed by atoms with Crippen LogP contribution in [-0.4, -0.2) is 0 Å². The lowest BCUT2D eigenvalue weighted by molar-refractivity contribution is 0.531. The van der Waals surface area contributed by atoms with Crippen LogP contribution in [-0.2, 0) is 6.54 Å². The van der Waals surface area contributed by atoms with Gasteiger partial charge in [0, 0.05) is 16.3 Å². The maximum atomic E-state index is 6.17. The predicted molar refractivity (Wildman–Crippen MR) is 92.4 cm³/mol. The molecule has 0 bridgehead atoms. The van der Waals surface area contributed by atoms with Gasteiger partial charge in [-0.15, -0.1) is 0 Å². The van der Waals surface area contributed by atoms with Crippen LogP contribution < -0.4 is 5.32 Å². The molecule has 0 aliphatic carbocycles. The largest absolute Gasteiger partial charge is 0.459 e. The number of hydrogen-bond acceptors (Lipinski definition) is 2.